The minimum Gasteiger partial charge on any atom is -0.477 e. The van der Waals surface area contributed by atoms with Crippen LogP contribution in [0.3, 0.4) is 0 Å². The summed E-state index contributed by atoms with van der Waals surface area (Å²) in [4.78, 5) is 17.3. The third kappa shape index (κ3) is 2.62. The van der Waals surface area contributed by atoms with Crippen LogP contribution in [0, 0.1) is 0 Å². The molecule has 0 aliphatic carbocycles. The number of piperidine rings is 1. The maximum absolute atomic E-state index is 10.9. The van der Waals surface area contributed by atoms with Gasteiger partial charge < -0.3 is 9.84 Å². The molecular formula is C14H18N2O3. The van der Waals surface area contributed by atoms with Crippen LogP contribution in [0.4, 0.5) is 0 Å². The number of nitrogens with zero attached hydrogens (tertiary/aromatic N) is 2. The van der Waals surface area contributed by atoms with E-state index >= 15 is 0 Å². The minimum absolute atomic E-state index is 0.146. The highest BCUT2D eigenvalue weighted by Gasteiger charge is 2.30. The number of hydrogen-bond donors (Lipinski definition) is 1. The second-order valence-corrected chi connectivity index (χ2v) is 5.28. The zero-order valence-electron chi connectivity index (χ0n) is 10.8. The van der Waals surface area contributed by atoms with Crippen molar-refractivity contribution in [3.8, 4) is 0 Å². The molecule has 0 bridgehead atoms. The van der Waals surface area contributed by atoms with Gasteiger partial charge in [0, 0.05) is 6.20 Å². The van der Waals surface area contributed by atoms with Gasteiger partial charge in [0.05, 0.1) is 19.3 Å². The molecule has 0 spiro atoms. The molecule has 2 aliphatic heterocycles. The third-order valence-corrected chi connectivity index (χ3v) is 4.14. The molecule has 1 aromatic heterocycles. The number of hydrogen-bond acceptors (Lipinski definition) is 4. The van der Waals surface area contributed by atoms with Crippen LogP contribution in [0.2, 0.25) is 0 Å². The van der Waals surface area contributed by atoms with Crippen LogP contribution in [-0.4, -0.2) is 53.3 Å². The van der Waals surface area contributed by atoms with E-state index in [2.05, 4.69) is 9.88 Å². The molecule has 0 radical (unpaired) electrons. The molecule has 19 heavy (non-hydrogen) atoms. The third-order valence-electron chi connectivity index (χ3n) is 4.14. The SMILES string of the molecule is O=C(O)c1cc(C2CCN(C3COC3)CC2)ccn1. The van der Waals surface area contributed by atoms with Crippen LogP contribution >= 0.6 is 0 Å². The van der Waals surface area contributed by atoms with Crippen molar-refractivity contribution in [2.45, 2.75) is 24.8 Å². The zero-order chi connectivity index (χ0) is 13.2. The number of aromatic carboxylic acids is 1. The van der Waals surface area contributed by atoms with Gasteiger partial charge in [-0.05, 0) is 49.5 Å². The Morgan fingerprint density at radius 2 is 2.11 bits per heavy atom. The molecule has 2 aliphatic rings. The zero-order valence-corrected chi connectivity index (χ0v) is 10.8. The molecule has 0 saturated carbocycles. The van der Waals surface area contributed by atoms with Crippen LogP contribution < -0.4 is 0 Å². The Hall–Kier alpha value is -1.46. The van der Waals surface area contributed by atoms with Gasteiger partial charge in [-0.2, -0.15) is 0 Å². The largest absolute Gasteiger partial charge is 0.477 e. The Kier molecular flexibility index (Phi) is 3.48. The Morgan fingerprint density at radius 1 is 1.37 bits per heavy atom. The molecule has 0 atom stereocenters. The van der Waals surface area contributed by atoms with Crippen molar-refractivity contribution < 1.29 is 14.6 Å². The first-order valence-corrected chi connectivity index (χ1v) is 6.75. The summed E-state index contributed by atoms with van der Waals surface area (Å²) in [6.45, 7) is 3.87. The van der Waals surface area contributed by atoms with E-state index < -0.39 is 5.97 Å². The second kappa shape index (κ2) is 5.27. The van der Waals surface area contributed by atoms with Gasteiger partial charge in [-0.25, -0.2) is 9.78 Å². The van der Waals surface area contributed by atoms with E-state index in [0.29, 0.717) is 12.0 Å². The summed E-state index contributed by atoms with van der Waals surface area (Å²) in [6.07, 6.45) is 3.77. The van der Waals surface area contributed by atoms with Gasteiger partial charge in [0.15, 0.2) is 0 Å². The Morgan fingerprint density at radius 3 is 2.68 bits per heavy atom. The van der Waals surface area contributed by atoms with Gasteiger partial charge in [0.1, 0.15) is 5.69 Å². The lowest BCUT2D eigenvalue weighted by molar-refractivity contribution is -0.0712. The monoisotopic (exact) mass is 262 g/mol. The first-order chi connectivity index (χ1) is 9.24. The van der Waals surface area contributed by atoms with E-state index in [1.165, 1.54) is 0 Å². The van der Waals surface area contributed by atoms with E-state index in [4.69, 9.17) is 9.84 Å². The van der Waals surface area contributed by atoms with Crippen LogP contribution in [-0.2, 0) is 4.74 Å². The predicted octanol–water partition coefficient (Wildman–Crippen LogP) is 1.36. The van der Waals surface area contributed by atoms with Gasteiger partial charge in [0.2, 0.25) is 0 Å². The van der Waals surface area contributed by atoms with Crippen molar-refractivity contribution in [3.05, 3.63) is 29.6 Å². The standard InChI is InChI=1S/C14H18N2O3/c17-14(18)13-7-11(1-4-15-13)10-2-5-16(6-3-10)12-8-19-9-12/h1,4,7,10,12H,2-3,5-6,8-9H2,(H,17,18). The maximum Gasteiger partial charge on any atom is 0.354 e. The summed E-state index contributed by atoms with van der Waals surface area (Å²) >= 11 is 0. The number of carboxylic acids is 1. The van der Waals surface area contributed by atoms with E-state index in [1.54, 1.807) is 12.3 Å². The molecule has 3 rings (SSSR count). The van der Waals surface area contributed by atoms with Gasteiger partial charge in [0.25, 0.3) is 0 Å². The predicted molar refractivity (Wildman–Crippen MR) is 69.4 cm³/mol. The van der Waals surface area contributed by atoms with Crippen molar-refractivity contribution >= 4 is 5.97 Å². The molecule has 2 fully saturated rings. The summed E-state index contributed by atoms with van der Waals surface area (Å²) in [6, 6.07) is 4.27. The quantitative estimate of drug-likeness (QED) is 0.891. The number of rotatable bonds is 3. The van der Waals surface area contributed by atoms with Crippen molar-refractivity contribution in [3.63, 3.8) is 0 Å². The second-order valence-electron chi connectivity index (χ2n) is 5.28. The number of likely N-dealkylation sites (tertiary alicyclic amines) is 1. The van der Waals surface area contributed by atoms with Crippen molar-refractivity contribution in [1.82, 2.24) is 9.88 Å². The lowest BCUT2D eigenvalue weighted by Gasteiger charge is -2.41. The summed E-state index contributed by atoms with van der Waals surface area (Å²) < 4.78 is 5.23. The Bertz CT molecular complexity index is 466. The average molecular weight is 262 g/mol. The first kappa shape index (κ1) is 12.6. The molecule has 2 saturated heterocycles. The highest BCUT2D eigenvalue weighted by Crippen LogP contribution is 2.29. The van der Waals surface area contributed by atoms with E-state index in [9.17, 15) is 4.79 Å². The molecule has 0 aromatic carbocycles. The smallest absolute Gasteiger partial charge is 0.354 e. The summed E-state index contributed by atoms with van der Waals surface area (Å²) in [7, 11) is 0. The van der Waals surface area contributed by atoms with E-state index in [0.717, 1.165) is 44.7 Å². The average Bonchev–Trinajstić information content (AvgIpc) is 2.38. The number of ether oxygens (including phenoxy) is 1. The fraction of sp³-hybridized carbons (Fsp3) is 0.571. The van der Waals surface area contributed by atoms with Crippen LogP contribution in [0.25, 0.3) is 0 Å². The number of aromatic nitrogens is 1. The maximum atomic E-state index is 10.9. The minimum atomic E-state index is -0.953. The van der Waals surface area contributed by atoms with Gasteiger partial charge in [-0.1, -0.05) is 0 Å². The molecular weight excluding hydrogens is 244 g/mol. The lowest BCUT2D eigenvalue weighted by Crippen LogP contribution is -2.51. The molecule has 0 unspecified atom stereocenters. The molecule has 5 heteroatoms. The topological polar surface area (TPSA) is 62.7 Å². The number of carboxylic acid groups (broad SMARTS) is 1. The summed E-state index contributed by atoms with van der Waals surface area (Å²) in [5.41, 5.74) is 1.25. The van der Waals surface area contributed by atoms with Crippen LogP contribution in [0.15, 0.2) is 18.3 Å². The normalized spacial score (nSPS) is 22.1. The molecule has 1 N–H and O–H groups in total. The highest BCUT2D eigenvalue weighted by molar-refractivity contribution is 5.85. The molecule has 102 valence electrons. The van der Waals surface area contributed by atoms with Crippen molar-refractivity contribution in [1.29, 1.82) is 0 Å². The van der Waals surface area contributed by atoms with Gasteiger partial charge in [-0.3, -0.25) is 4.90 Å². The van der Waals surface area contributed by atoms with Gasteiger partial charge >= 0.3 is 5.97 Å². The van der Waals surface area contributed by atoms with Crippen molar-refractivity contribution in [2.24, 2.45) is 0 Å². The molecule has 0 amide bonds. The summed E-state index contributed by atoms with van der Waals surface area (Å²) in [5.74, 6) is -0.496. The fourth-order valence-corrected chi connectivity index (χ4v) is 2.85. The molecule has 5 nitrogen and oxygen atoms in total. The van der Waals surface area contributed by atoms with E-state index in [-0.39, 0.29) is 5.69 Å². The van der Waals surface area contributed by atoms with E-state index in [1.807, 2.05) is 6.07 Å². The van der Waals surface area contributed by atoms with Crippen LogP contribution in [0.1, 0.15) is 34.8 Å². The van der Waals surface area contributed by atoms with Crippen LogP contribution in [0.5, 0.6) is 0 Å². The van der Waals surface area contributed by atoms with Crippen molar-refractivity contribution in [2.75, 3.05) is 26.3 Å². The highest BCUT2D eigenvalue weighted by atomic mass is 16.5. The summed E-state index contributed by atoms with van der Waals surface area (Å²) in [5, 5.41) is 8.98. The fourth-order valence-electron chi connectivity index (χ4n) is 2.85. The molecule has 1 aromatic rings. The number of carbonyl (C=O) groups is 1. The lowest BCUT2D eigenvalue weighted by atomic mass is 9.89. The first-order valence-electron chi connectivity index (χ1n) is 6.75. The number of pyridine rings is 1. The van der Waals surface area contributed by atoms with Gasteiger partial charge in [-0.15, -0.1) is 0 Å². The Labute approximate surface area is 112 Å². The Balaban J connectivity index is 1.64. The molecule has 3 heterocycles.